The first kappa shape index (κ1) is 18.4. The van der Waals surface area contributed by atoms with Crippen molar-refractivity contribution in [1.29, 1.82) is 0 Å². The summed E-state index contributed by atoms with van der Waals surface area (Å²) in [6.45, 7) is 4.03. The molecule has 4 rings (SSSR count). The SMILES string of the molecule is Cc1ccc(OC(=O)c2cc(-c3ccc(Br)cc3)nc3ccccc23)cc1C. The molecule has 0 atom stereocenters. The second-order valence-corrected chi connectivity index (χ2v) is 7.63. The van der Waals surface area contributed by atoms with Crippen molar-refractivity contribution in [1.82, 2.24) is 4.98 Å². The van der Waals surface area contributed by atoms with Crippen LogP contribution in [0.25, 0.3) is 22.2 Å². The lowest BCUT2D eigenvalue weighted by molar-refractivity contribution is 0.0736. The number of fused-ring (bicyclic) bond motifs is 1. The second-order valence-electron chi connectivity index (χ2n) is 6.71. The highest BCUT2D eigenvalue weighted by atomic mass is 79.9. The molecule has 0 aliphatic rings. The van der Waals surface area contributed by atoms with Crippen LogP contribution < -0.4 is 4.74 Å². The highest BCUT2D eigenvalue weighted by Crippen LogP contribution is 2.27. The quantitative estimate of drug-likeness (QED) is 0.274. The maximum Gasteiger partial charge on any atom is 0.344 e. The van der Waals surface area contributed by atoms with Crippen LogP contribution in [0.3, 0.4) is 0 Å². The van der Waals surface area contributed by atoms with Crippen molar-refractivity contribution in [3.63, 3.8) is 0 Å². The molecule has 4 aromatic rings. The van der Waals surface area contributed by atoms with Crippen LogP contribution >= 0.6 is 15.9 Å². The molecule has 28 heavy (non-hydrogen) atoms. The van der Waals surface area contributed by atoms with E-state index in [1.54, 1.807) is 6.07 Å². The molecule has 0 spiro atoms. The predicted octanol–water partition coefficient (Wildman–Crippen LogP) is 6.50. The number of aryl methyl sites for hydroxylation is 2. The van der Waals surface area contributed by atoms with Gasteiger partial charge in [-0.1, -0.05) is 52.3 Å². The fourth-order valence-corrected chi connectivity index (χ4v) is 3.32. The van der Waals surface area contributed by atoms with E-state index in [2.05, 4.69) is 15.9 Å². The highest BCUT2D eigenvalue weighted by Gasteiger charge is 2.16. The van der Waals surface area contributed by atoms with Crippen LogP contribution in [0.5, 0.6) is 5.75 Å². The van der Waals surface area contributed by atoms with Gasteiger partial charge in [-0.3, -0.25) is 0 Å². The molecule has 0 aliphatic carbocycles. The number of carbonyl (C=O) groups excluding carboxylic acids is 1. The fourth-order valence-electron chi connectivity index (χ4n) is 3.05. The van der Waals surface area contributed by atoms with Gasteiger partial charge in [0.1, 0.15) is 5.75 Å². The highest BCUT2D eigenvalue weighted by molar-refractivity contribution is 9.10. The van der Waals surface area contributed by atoms with Crippen molar-refractivity contribution in [2.45, 2.75) is 13.8 Å². The zero-order valence-corrected chi connectivity index (χ0v) is 17.2. The van der Waals surface area contributed by atoms with Gasteiger partial charge in [-0.25, -0.2) is 9.78 Å². The molecule has 0 N–H and O–H groups in total. The summed E-state index contributed by atoms with van der Waals surface area (Å²) in [5.41, 5.74) is 5.18. The zero-order valence-electron chi connectivity index (χ0n) is 15.6. The van der Waals surface area contributed by atoms with Crippen molar-refractivity contribution >= 4 is 32.8 Å². The molecular weight excluding hydrogens is 414 g/mol. The maximum atomic E-state index is 13.0. The summed E-state index contributed by atoms with van der Waals surface area (Å²) in [7, 11) is 0. The van der Waals surface area contributed by atoms with Gasteiger partial charge in [0.15, 0.2) is 0 Å². The molecule has 138 valence electrons. The van der Waals surface area contributed by atoms with E-state index in [0.29, 0.717) is 11.3 Å². The zero-order chi connectivity index (χ0) is 19.7. The average molecular weight is 432 g/mol. The minimum absolute atomic E-state index is 0.389. The number of carbonyl (C=O) groups is 1. The number of hydrogen-bond acceptors (Lipinski definition) is 3. The summed E-state index contributed by atoms with van der Waals surface area (Å²) in [6.07, 6.45) is 0. The molecular formula is C24H18BrNO2. The largest absolute Gasteiger partial charge is 0.423 e. The van der Waals surface area contributed by atoms with Crippen molar-refractivity contribution in [2.75, 3.05) is 0 Å². The third-order valence-electron chi connectivity index (χ3n) is 4.77. The molecule has 3 nitrogen and oxygen atoms in total. The molecule has 0 saturated carbocycles. The van der Waals surface area contributed by atoms with Crippen molar-refractivity contribution in [3.05, 3.63) is 94.0 Å². The van der Waals surface area contributed by atoms with Gasteiger partial charge in [-0.05, 0) is 61.4 Å². The van der Waals surface area contributed by atoms with Gasteiger partial charge >= 0.3 is 5.97 Å². The molecule has 0 radical (unpaired) electrons. The summed E-state index contributed by atoms with van der Waals surface area (Å²) in [4.78, 5) is 17.7. The molecule has 0 amide bonds. The number of aromatic nitrogens is 1. The van der Waals surface area contributed by atoms with Crippen LogP contribution in [0.1, 0.15) is 21.5 Å². The summed E-state index contributed by atoms with van der Waals surface area (Å²) in [5, 5.41) is 0.775. The molecule has 0 aliphatic heterocycles. The van der Waals surface area contributed by atoms with Gasteiger partial charge < -0.3 is 4.74 Å². The van der Waals surface area contributed by atoms with E-state index in [1.807, 2.05) is 80.6 Å². The van der Waals surface area contributed by atoms with E-state index in [-0.39, 0.29) is 5.97 Å². The number of ether oxygens (including phenoxy) is 1. The maximum absolute atomic E-state index is 13.0. The first-order valence-electron chi connectivity index (χ1n) is 8.96. The lowest BCUT2D eigenvalue weighted by atomic mass is 10.0. The first-order valence-corrected chi connectivity index (χ1v) is 9.76. The molecule has 1 aromatic heterocycles. The Kier molecular flexibility index (Phi) is 4.97. The third kappa shape index (κ3) is 3.69. The number of hydrogen-bond donors (Lipinski definition) is 0. The van der Waals surface area contributed by atoms with E-state index in [1.165, 1.54) is 0 Å². The van der Waals surface area contributed by atoms with Crippen LogP contribution in [-0.4, -0.2) is 11.0 Å². The average Bonchev–Trinajstić information content (AvgIpc) is 2.70. The lowest BCUT2D eigenvalue weighted by Crippen LogP contribution is -2.10. The third-order valence-corrected chi connectivity index (χ3v) is 5.29. The number of benzene rings is 3. The molecule has 0 fully saturated rings. The summed E-state index contributed by atoms with van der Waals surface area (Å²) in [5.74, 6) is 0.152. The molecule has 0 unspecified atom stereocenters. The Labute approximate surface area is 172 Å². The molecule has 0 bridgehead atoms. The van der Waals surface area contributed by atoms with Crippen LogP contribution in [0.2, 0.25) is 0 Å². The predicted molar refractivity (Wildman–Crippen MR) is 116 cm³/mol. The monoisotopic (exact) mass is 431 g/mol. The van der Waals surface area contributed by atoms with Gasteiger partial charge in [0.2, 0.25) is 0 Å². The van der Waals surface area contributed by atoms with Crippen molar-refractivity contribution in [3.8, 4) is 17.0 Å². The minimum Gasteiger partial charge on any atom is -0.423 e. The Balaban J connectivity index is 1.79. The summed E-state index contributed by atoms with van der Waals surface area (Å²) >= 11 is 3.45. The van der Waals surface area contributed by atoms with Crippen LogP contribution in [0, 0.1) is 13.8 Å². The van der Waals surface area contributed by atoms with Crippen molar-refractivity contribution < 1.29 is 9.53 Å². The summed E-state index contributed by atoms with van der Waals surface area (Å²) in [6, 6.07) is 22.9. The van der Waals surface area contributed by atoms with E-state index in [0.717, 1.165) is 37.8 Å². The van der Waals surface area contributed by atoms with E-state index >= 15 is 0 Å². The van der Waals surface area contributed by atoms with Gasteiger partial charge in [0.25, 0.3) is 0 Å². The van der Waals surface area contributed by atoms with E-state index in [4.69, 9.17) is 9.72 Å². The van der Waals surface area contributed by atoms with E-state index in [9.17, 15) is 4.79 Å². The number of halogens is 1. The Morgan fingerprint density at radius 1 is 0.893 bits per heavy atom. The Bertz CT molecular complexity index is 1180. The molecule has 1 heterocycles. The Morgan fingerprint density at radius 2 is 1.64 bits per heavy atom. The molecule has 4 heteroatoms. The smallest absolute Gasteiger partial charge is 0.344 e. The first-order chi connectivity index (χ1) is 13.5. The van der Waals surface area contributed by atoms with Crippen LogP contribution in [0.4, 0.5) is 0 Å². The van der Waals surface area contributed by atoms with Crippen LogP contribution in [0.15, 0.2) is 77.3 Å². The fraction of sp³-hybridized carbons (Fsp3) is 0.0833. The Morgan fingerprint density at radius 3 is 2.39 bits per heavy atom. The molecule has 3 aromatic carbocycles. The standard InChI is InChI=1S/C24H18BrNO2/c1-15-7-12-19(13-16(15)2)28-24(27)21-14-23(17-8-10-18(25)11-9-17)26-22-6-4-3-5-20(21)22/h3-14H,1-2H3. The van der Waals surface area contributed by atoms with Crippen molar-refractivity contribution in [2.24, 2.45) is 0 Å². The number of nitrogens with zero attached hydrogens (tertiary/aromatic N) is 1. The minimum atomic E-state index is -0.389. The van der Waals surface area contributed by atoms with Gasteiger partial charge in [0.05, 0.1) is 16.8 Å². The number of para-hydroxylation sites is 1. The van der Waals surface area contributed by atoms with Gasteiger partial charge in [-0.15, -0.1) is 0 Å². The number of esters is 1. The van der Waals surface area contributed by atoms with Crippen LogP contribution in [-0.2, 0) is 0 Å². The topological polar surface area (TPSA) is 39.2 Å². The molecule has 0 saturated heterocycles. The van der Waals surface area contributed by atoms with Gasteiger partial charge in [-0.2, -0.15) is 0 Å². The van der Waals surface area contributed by atoms with Gasteiger partial charge in [0, 0.05) is 15.4 Å². The number of rotatable bonds is 3. The summed E-state index contributed by atoms with van der Waals surface area (Å²) < 4.78 is 6.67. The van der Waals surface area contributed by atoms with E-state index < -0.39 is 0 Å². The number of pyridine rings is 1. The normalized spacial score (nSPS) is 10.8. The second kappa shape index (κ2) is 7.56. The Hall–Kier alpha value is -2.98. The lowest BCUT2D eigenvalue weighted by Gasteiger charge is -2.11.